The fraction of sp³-hybridized carbons (Fsp3) is 0.412. The Bertz CT molecular complexity index is 675. The topological polar surface area (TPSA) is 78.0 Å². The van der Waals surface area contributed by atoms with Gasteiger partial charge < -0.3 is 10.4 Å². The molecule has 0 atom stereocenters. The van der Waals surface area contributed by atoms with Gasteiger partial charge in [0.25, 0.3) is 5.91 Å². The number of nitrogens with one attached hydrogen (secondary N) is 2. The van der Waals surface area contributed by atoms with E-state index in [9.17, 15) is 9.90 Å². The highest BCUT2D eigenvalue weighted by atomic mass is 32.2. The molecule has 23 heavy (non-hydrogen) atoms. The monoisotopic (exact) mass is 331 g/mol. The van der Waals surface area contributed by atoms with E-state index in [0.717, 1.165) is 35.6 Å². The number of carbonyl (C=O) groups is 1. The molecule has 2 aromatic rings. The number of thioether (sulfide) groups is 1. The first-order valence-electron chi connectivity index (χ1n) is 7.77. The second-order valence-electron chi connectivity index (χ2n) is 6.05. The fourth-order valence-electron chi connectivity index (χ4n) is 2.58. The van der Waals surface area contributed by atoms with E-state index in [4.69, 9.17) is 0 Å². The molecule has 3 N–H and O–H groups in total. The van der Waals surface area contributed by atoms with Crippen LogP contribution in [-0.4, -0.2) is 44.9 Å². The highest BCUT2D eigenvalue weighted by Gasteiger charge is 2.30. The lowest BCUT2D eigenvalue weighted by Gasteiger charge is -2.31. The normalized spacial score (nSPS) is 17.0. The van der Waals surface area contributed by atoms with Crippen molar-refractivity contribution in [1.29, 1.82) is 0 Å². The predicted molar refractivity (Wildman–Crippen MR) is 92.6 cm³/mol. The number of aliphatic hydroxyl groups is 1. The number of rotatable bonds is 4. The minimum Gasteiger partial charge on any atom is -0.388 e. The Morgan fingerprint density at radius 3 is 2.74 bits per heavy atom. The minimum atomic E-state index is -0.777. The van der Waals surface area contributed by atoms with E-state index in [1.807, 2.05) is 43.0 Å². The van der Waals surface area contributed by atoms with Gasteiger partial charge >= 0.3 is 0 Å². The fourth-order valence-corrected chi connectivity index (χ4v) is 3.83. The lowest BCUT2D eigenvalue weighted by molar-refractivity contribution is 0.0310. The minimum absolute atomic E-state index is 0.234. The molecule has 0 aliphatic carbocycles. The van der Waals surface area contributed by atoms with Crippen molar-refractivity contribution >= 4 is 17.7 Å². The second-order valence-corrected chi connectivity index (χ2v) is 7.28. The van der Waals surface area contributed by atoms with Gasteiger partial charge in [0.2, 0.25) is 0 Å². The van der Waals surface area contributed by atoms with Crippen molar-refractivity contribution in [3.05, 3.63) is 41.6 Å². The van der Waals surface area contributed by atoms with Crippen LogP contribution in [0.4, 0.5) is 0 Å². The first-order chi connectivity index (χ1) is 11.1. The van der Waals surface area contributed by atoms with Gasteiger partial charge in [0, 0.05) is 12.1 Å². The molecule has 1 fully saturated rings. The highest BCUT2D eigenvalue weighted by molar-refractivity contribution is 7.99. The molecule has 1 amide bonds. The van der Waals surface area contributed by atoms with Gasteiger partial charge in [-0.05, 0) is 37.3 Å². The molecular formula is C17H21N3O2S. The third kappa shape index (κ3) is 3.95. The van der Waals surface area contributed by atoms with Crippen LogP contribution < -0.4 is 5.32 Å². The van der Waals surface area contributed by atoms with Gasteiger partial charge in [-0.1, -0.05) is 29.8 Å². The summed E-state index contributed by atoms with van der Waals surface area (Å²) in [5.41, 5.74) is 2.52. The van der Waals surface area contributed by atoms with E-state index >= 15 is 0 Å². The lowest BCUT2D eigenvalue weighted by atomic mass is 9.97. The number of carbonyl (C=O) groups excluding carboxylic acids is 1. The van der Waals surface area contributed by atoms with E-state index in [0.29, 0.717) is 5.69 Å². The summed E-state index contributed by atoms with van der Waals surface area (Å²) >= 11 is 1.84. The Morgan fingerprint density at radius 1 is 1.35 bits per heavy atom. The zero-order chi connectivity index (χ0) is 16.3. The number of amides is 1. The number of aromatic amines is 1. The second kappa shape index (κ2) is 6.76. The molecule has 2 heterocycles. The summed E-state index contributed by atoms with van der Waals surface area (Å²) in [4.78, 5) is 12.2. The maximum atomic E-state index is 12.2. The van der Waals surface area contributed by atoms with E-state index in [-0.39, 0.29) is 12.5 Å². The summed E-state index contributed by atoms with van der Waals surface area (Å²) in [5, 5.41) is 20.2. The van der Waals surface area contributed by atoms with Gasteiger partial charge in [0.15, 0.2) is 0 Å². The molecule has 1 saturated heterocycles. The van der Waals surface area contributed by atoms with Crippen LogP contribution in [0.3, 0.4) is 0 Å². The van der Waals surface area contributed by atoms with Gasteiger partial charge in [-0.25, -0.2) is 0 Å². The standard InChI is InChI=1S/C17H21N3O2S/c1-12-2-4-13(5-3-12)14-10-15(20-19-14)16(21)18-11-17(22)6-8-23-9-7-17/h2-5,10,22H,6-9,11H2,1H3,(H,18,21)(H,19,20). The van der Waals surface area contributed by atoms with Crippen LogP contribution in [0, 0.1) is 6.92 Å². The number of aryl methyl sites for hydroxylation is 1. The maximum Gasteiger partial charge on any atom is 0.269 e. The molecule has 1 aliphatic rings. The van der Waals surface area contributed by atoms with Gasteiger partial charge in [-0.15, -0.1) is 0 Å². The van der Waals surface area contributed by atoms with Crippen LogP contribution in [0.25, 0.3) is 11.3 Å². The summed E-state index contributed by atoms with van der Waals surface area (Å²) in [7, 11) is 0. The van der Waals surface area contributed by atoms with Crippen molar-refractivity contribution in [3.8, 4) is 11.3 Å². The van der Waals surface area contributed by atoms with Crippen molar-refractivity contribution in [1.82, 2.24) is 15.5 Å². The van der Waals surface area contributed by atoms with Crippen molar-refractivity contribution < 1.29 is 9.90 Å². The Balaban J connectivity index is 1.63. The van der Waals surface area contributed by atoms with Crippen LogP contribution in [0.15, 0.2) is 30.3 Å². The van der Waals surface area contributed by atoms with E-state index in [1.54, 1.807) is 6.07 Å². The molecule has 0 spiro atoms. The Hall–Kier alpha value is -1.79. The average Bonchev–Trinajstić information content (AvgIpc) is 3.04. The van der Waals surface area contributed by atoms with Gasteiger partial charge in [-0.3, -0.25) is 9.89 Å². The third-order valence-electron chi connectivity index (χ3n) is 4.17. The SMILES string of the molecule is Cc1ccc(-c2cc(C(=O)NCC3(O)CCSCC3)[nH]n2)cc1. The van der Waals surface area contributed by atoms with Crippen LogP contribution >= 0.6 is 11.8 Å². The lowest BCUT2D eigenvalue weighted by Crippen LogP contribution is -2.45. The summed E-state index contributed by atoms with van der Waals surface area (Å²) in [5.74, 6) is 1.64. The number of hydrogen-bond acceptors (Lipinski definition) is 4. The molecule has 5 nitrogen and oxygen atoms in total. The molecule has 1 aromatic carbocycles. The molecule has 3 rings (SSSR count). The van der Waals surface area contributed by atoms with Crippen molar-refractivity contribution in [2.75, 3.05) is 18.1 Å². The number of nitrogens with zero attached hydrogens (tertiary/aromatic N) is 1. The molecule has 0 bridgehead atoms. The summed E-state index contributed by atoms with van der Waals surface area (Å²) in [6.45, 7) is 2.31. The summed E-state index contributed by atoms with van der Waals surface area (Å²) < 4.78 is 0. The van der Waals surface area contributed by atoms with E-state index < -0.39 is 5.60 Å². The van der Waals surface area contributed by atoms with Gasteiger partial charge in [-0.2, -0.15) is 16.9 Å². The largest absolute Gasteiger partial charge is 0.388 e. The molecule has 0 radical (unpaired) electrons. The molecule has 6 heteroatoms. The number of H-pyrrole nitrogens is 1. The zero-order valence-corrected chi connectivity index (χ0v) is 13.9. The van der Waals surface area contributed by atoms with Crippen molar-refractivity contribution in [2.45, 2.75) is 25.4 Å². The van der Waals surface area contributed by atoms with Crippen LogP contribution in [0.2, 0.25) is 0 Å². The Morgan fingerprint density at radius 2 is 2.04 bits per heavy atom. The van der Waals surface area contributed by atoms with Gasteiger partial charge in [0.05, 0.1) is 11.3 Å². The first kappa shape index (κ1) is 16.1. The third-order valence-corrected chi connectivity index (χ3v) is 5.16. The first-order valence-corrected chi connectivity index (χ1v) is 8.92. The average molecular weight is 331 g/mol. The number of hydrogen-bond donors (Lipinski definition) is 3. The number of benzene rings is 1. The Kier molecular flexibility index (Phi) is 4.73. The summed E-state index contributed by atoms with van der Waals surface area (Å²) in [6, 6.07) is 9.73. The predicted octanol–water partition coefficient (Wildman–Crippen LogP) is 2.37. The molecular weight excluding hydrogens is 310 g/mol. The molecule has 0 unspecified atom stereocenters. The molecule has 0 saturated carbocycles. The van der Waals surface area contributed by atoms with E-state index in [2.05, 4.69) is 15.5 Å². The highest BCUT2D eigenvalue weighted by Crippen LogP contribution is 2.26. The van der Waals surface area contributed by atoms with Crippen molar-refractivity contribution in [3.63, 3.8) is 0 Å². The number of aromatic nitrogens is 2. The quantitative estimate of drug-likeness (QED) is 0.804. The van der Waals surface area contributed by atoms with E-state index in [1.165, 1.54) is 5.56 Å². The smallest absolute Gasteiger partial charge is 0.269 e. The molecule has 1 aliphatic heterocycles. The Labute approximate surface area is 139 Å². The maximum absolute atomic E-state index is 12.2. The summed E-state index contributed by atoms with van der Waals surface area (Å²) in [6.07, 6.45) is 1.44. The zero-order valence-electron chi connectivity index (χ0n) is 13.1. The molecule has 122 valence electrons. The van der Waals surface area contributed by atoms with Crippen LogP contribution in [-0.2, 0) is 0 Å². The van der Waals surface area contributed by atoms with Crippen LogP contribution in [0.1, 0.15) is 28.9 Å². The van der Waals surface area contributed by atoms with Crippen LogP contribution in [0.5, 0.6) is 0 Å². The molecule has 1 aromatic heterocycles. The van der Waals surface area contributed by atoms with Crippen molar-refractivity contribution in [2.24, 2.45) is 0 Å². The van der Waals surface area contributed by atoms with Gasteiger partial charge in [0.1, 0.15) is 5.69 Å².